The molecule has 3 rings (SSSR count). The number of nitrogens with two attached hydrogens (primary N) is 1. The Morgan fingerprint density at radius 1 is 1.21 bits per heavy atom. The van der Waals surface area contributed by atoms with E-state index in [0.29, 0.717) is 6.61 Å². The Kier molecular flexibility index (Phi) is 3.29. The molecule has 5 heteroatoms. The van der Waals surface area contributed by atoms with E-state index in [0.717, 1.165) is 44.0 Å². The molecule has 0 radical (unpaired) electrons. The average Bonchev–Trinajstić information content (AvgIpc) is 2.85. The van der Waals surface area contributed by atoms with Gasteiger partial charge in [-0.1, -0.05) is 6.07 Å². The zero-order chi connectivity index (χ0) is 13.2. The predicted octanol–water partition coefficient (Wildman–Crippen LogP) is 0.706. The molecule has 2 N–H and O–H groups in total. The van der Waals surface area contributed by atoms with Crippen molar-refractivity contribution in [1.29, 1.82) is 0 Å². The molecule has 2 aliphatic heterocycles. The molecule has 0 amide bonds. The number of hydrogen-bond acceptors (Lipinski definition) is 5. The number of nitrogen functional groups attached to an aromatic ring is 1. The fraction of sp³-hybridized carbons (Fsp3) is 0.500. The molecule has 102 valence electrons. The lowest BCUT2D eigenvalue weighted by Gasteiger charge is -2.37. The van der Waals surface area contributed by atoms with Gasteiger partial charge in [-0.05, 0) is 18.2 Å². The number of benzene rings is 1. The SMILES string of the molecule is Nc1cccc(N2CCN(C3CCOC3=O)CC2)c1. The van der Waals surface area contributed by atoms with Crippen LogP contribution in [0.4, 0.5) is 11.4 Å². The number of rotatable bonds is 2. The predicted molar refractivity (Wildman–Crippen MR) is 74.0 cm³/mol. The first-order valence-electron chi connectivity index (χ1n) is 6.75. The van der Waals surface area contributed by atoms with Crippen LogP contribution in [0.2, 0.25) is 0 Å². The highest BCUT2D eigenvalue weighted by molar-refractivity contribution is 5.77. The lowest BCUT2D eigenvalue weighted by Crippen LogP contribution is -2.51. The van der Waals surface area contributed by atoms with Crippen molar-refractivity contribution >= 4 is 17.3 Å². The fourth-order valence-electron chi connectivity index (χ4n) is 2.83. The zero-order valence-corrected chi connectivity index (χ0v) is 10.9. The van der Waals surface area contributed by atoms with Gasteiger partial charge < -0.3 is 15.4 Å². The van der Waals surface area contributed by atoms with Gasteiger partial charge in [-0.3, -0.25) is 9.69 Å². The van der Waals surface area contributed by atoms with Crippen LogP contribution in [-0.4, -0.2) is 49.7 Å². The topological polar surface area (TPSA) is 58.8 Å². The van der Waals surface area contributed by atoms with Crippen LogP contribution in [0.15, 0.2) is 24.3 Å². The summed E-state index contributed by atoms with van der Waals surface area (Å²) in [5.74, 6) is -0.0580. The average molecular weight is 261 g/mol. The summed E-state index contributed by atoms with van der Waals surface area (Å²) in [6.07, 6.45) is 0.830. The Balaban J connectivity index is 1.61. The maximum absolute atomic E-state index is 11.6. The molecule has 1 aromatic carbocycles. The second-order valence-electron chi connectivity index (χ2n) is 5.09. The van der Waals surface area contributed by atoms with Crippen LogP contribution in [0.3, 0.4) is 0 Å². The summed E-state index contributed by atoms with van der Waals surface area (Å²) < 4.78 is 5.04. The molecule has 1 unspecified atom stereocenters. The molecule has 0 bridgehead atoms. The van der Waals surface area contributed by atoms with Gasteiger partial charge in [0.25, 0.3) is 0 Å². The molecular weight excluding hydrogens is 242 g/mol. The van der Waals surface area contributed by atoms with Crippen LogP contribution in [-0.2, 0) is 9.53 Å². The third-order valence-corrected chi connectivity index (χ3v) is 3.90. The van der Waals surface area contributed by atoms with E-state index in [1.165, 1.54) is 0 Å². The molecule has 19 heavy (non-hydrogen) atoms. The molecule has 2 saturated heterocycles. The van der Waals surface area contributed by atoms with Crippen molar-refractivity contribution in [2.24, 2.45) is 0 Å². The number of nitrogens with zero attached hydrogens (tertiary/aromatic N) is 2. The van der Waals surface area contributed by atoms with Crippen molar-refractivity contribution in [2.45, 2.75) is 12.5 Å². The van der Waals surface area contributed by atoms with E-state index >= 15 is 0 Å². The minimum absolute atomic E-state index is 0.0250. The summed E-state index contributed by atoms with van der Waals surface area (Å²) >= 11 is 0. The third kappa shape index (κ3) is 2.51. The maximum atomic E-state index is 11.6. The number of piperazine rings is 1. The number of cyclic esters (lactones) is 1. The molecular formula is C14H19N3O2. The second-order valence-corrected chi connectivity index (χ2v) is 5.09. The van der Waals surface area contributed by atoms with E-state index < -0.39 is 0 Å². The molecule has 0 spiro atoms. The van der Waals surface area contributed by atoms with Gasteiger partial charge in [0.1, 0.15) is 6.04 Å². The highest BCUT2D eigenvalue weighted by atomic mass is 16.5. The number of ether oxygens (including phenoxy) is 1. The summed E-state index contributed by atoms with van der Waals surface area (Å²) in [5.41, 5.74) is 7.76. The Morgan fingerprint density at radius 2 is 2.00 bits per heavy atom. The summed E-state index contributed by atoms with van der Waals surface area (Å²) in [7, 11) is 0. The van der Waals surface area contributed by atoms with Crippen LogP contribution in [0.25, 0.3) is 0 Å². The quantitative estimate of drug-likeness (QED) is 0.627. The van der Waals surface area contributed by atoms with Crippen LogP contribution >= 0.6 is 0 Å². The van der Waals surface area contributed by atoms with E-state index in [4.69, 9.17) is 10.5 Å². The summed E-state index contributed by atoms with van der Waals surface area (Å²) in [6, 6.07) is 7.93. The van der Waals surface area contributed by atoms with Crippen LogP contribution < -0.4 is 10.6 Å². The monoisotopic (exact) mass is 261 g/mol. The molecule has 0 saturated carbocycles. The molecule has 2 aliphatic rings. The molecule has 1 atom stereocenters. The Bertz CT molecular complexity index is 470. The lowest BCUT2D eigenvalue weighted by atomic mass is 10.1. The lowest BCUT2D eigenvalue weighted by molar-refractivity contribution is -0.142. The van der Waals surface area contributed by atoms with Crippen molar-refractivity contribution in [3.05, 3.63) is 24.3 Å². The number of carbonyl (C=O) groups is 1. The highest BCUT2D eigenvalue weighted by Crippen LogP contribution is 2.21. The smallest absolute Gasteiger partial charge is 0.323 e. The molecule has 2 fully saturated rings. The van der Waals surface area contributed by atoms with E-state index in [1.807, 2.05) is 18.2 Å². The zero-order valence-electron chi connectivity index (χ0n) is 10.9. The van der Waals surface area contributed by atoms with E-state index in [-0.39, 0.29) is 12.0 Å². The number of hydrogen-bond donors (Lipinski definition) is 1. The van der Waals surface area contributed by atoms with Gasteiger partial charge >= 0.3 is 5.97 Å². The van der Waals surface area contributed by atoms with Gasteiger partial charge in [0.2, 0.25) is 0 Å². The van der Waals surface area contributed by atoms with Crippen molar-refractivity contribution in [3.8, 4) is 0 Å². The molecule has 0 aliphatic carbocycles. The maximum Gasteiger partial charge on any atom is 0.323 e. The van der Waals surface area contributed by atoms with E-state index in [1.54, 1.807) is 0 Å². The van der Waals surface area contributed by atoms with Gasteiger partial charge in [-0.2, -0.15) is 0 Å². The minimum atomic E-state index is -0.0580. The Morgan fingerprint density at radius 3 is 2.63 bits per heavy atom. The van der Waals surface area contributed by atoms with Gasteiger partial charge in [0.15, 0.2) is 0 Å². The van der Waals surface area contributed by atoms with Gasteiger partial charge in [0.05, 0.1) is 6.61 Å². The van der Waals surface area contributed by atoms with Crippen LogP contribution in [0.1, 0.15) is 6.42 Å². The van der Waals surface area contributed by atoms with Crippen molar-refractivity contribution in [2.75, 3.05) is 43.4 Å². The standard InChI is InChI=1S/C14H19N3O2/c15-11-2-1-3-12(10-11)16-5-7-17(8-6-16)13-4-9-19-14(13)18/h1-3,10,13H,4-9,15H2. The summed E-state index contributed by atoms with van der Waals surface area (Å²) in [4.78, 5) is 16.1. The number of carbonyl (C=O) groups excluding carboxylic acids is 1. The second kappa shape index (κ2) is 5.09. The van der Waals surface area contributed by atoms with Gasteiger partial charge in [-0.15, -0.1) is 0 Å². The Hall–Kier alpha value is -1.75. The molecule has 2 heterocycles. The van der Waals surface area contributed by atoms with E-state index in [9.17, 15) is 4.79 Å². The molecule has 5 nitrogen and oxygen atoms in total. The first-order valence-corrected chi connectivity index (χ1v) is 6.75. The minimum Gasteiger partial charge on any atom is -0.464 e. The third-order valence-electron chi connectivity index (χ3n) is 3.90. The summed E-state index contributed by atoms with van der Waals surface area (Å²) in [5, 5.41) is 0. The normalized spacial score (nSPS) is 24.5. The largest absolute Gasteiger partial charge is 0.464 e. The fourth-order valence-corrected chi connectivity index (χ4v) is 2.83. The van der Waals surface area contributed by atoms with Crippen LogP contribution in [0, 0.1) is 0 Å². The Labute approximate surface area is 112 Å². The molecule has 1 aromatic rings. The van der Waals surface area contributed by atoms with E-state index in [2.05, 4.69) is 15.9 Å². The number of anilines is 2. The molecule has 0 aromatic heterocycles. The van der Waals surface area contributed by atoms with Crippen molar-refractivity contribution in [1.82, 2.24) is 4.90 Å². The summed E-state index contributed by atoms with van der Waals surface area (Å²) in [6.45, 7) is 4.21. The van der Waals surface area contributed by atoms with Gasteiger partial charge in [-0.25, -0.2) is 0 Å². The first kappa shape index (κ1) is 12.3. The van der Waals surface area contributed by atoms with Crippen molar-refractivity contribution in [3.63, 3.8) is 0 Å². The van der Waals surface area contributed by atoms with Crippen LogP contribution in [0.5, 0.6) is 0 Å². The number of esters is 1. The van der Waals surface area contributed by atoms with Crippen molar-refractivity contribution < 1.29 is 9.53 Å². The first-order chi connectivity index (χ1) is 9.24. The van der Waals surface area contributed by atoms with Gasteiger partial charge in [0, 0.05) is 44.0 Å². The highest BCUT2D eigenvalue weighted by Gasteiger charge is 2.33.